The first-order valence-corrected chi connectivity index (χ1v) is 8.90. The fraction of sp³-hybridized carbons (Fsp3) is 0.444. The van der Waals surface area contributed by atoms with Crippen LogP contribution in [0.25, 0.3) is 0 Å². The lowest BCUT2D eigenvalue weighted by Gasteiger charge is -2.33. The van der Waals surface area contributed by atoms with Crippen LogP contribution < -0.4 is 5.32 Å². The van der Waals surface area contributed by atoms with Crippen LogP contribution in [0.15, 0.2) is 39.4 Å². The normalized spacial score (nSPS) is 21.4. The van der Waals surface area contributed by atoms with Gasteiger partial charge >= 0.3 is 5.97 Å². The van der Waals surface area contributed by atoms with Gasteiger partial charge < -0.3 is 10.1 Å². The summed E-state index contributed by atoms with van der Waals surface area (Å²) in [5.41, 5.74) is 4.06. The van der Waals surface area contributed by atoms with Crippen molar-refractivity contribution in [3.63, 3.8) is 0 Å². The second kappa shape index (κ2) is 6.32. The van der Waals surface area contributed by atoms with Gasteiger partial charge in [-0.3, -0.25) is 4.79 Å². The van der Waals surface area contributed by atoms with E-state index in [0.717, 1.165) is 35.4 Å². The van der Waals surface area contributed by atoms with Gasteiger partial charge in [-0.1, -0.05) is 0 Å². The minimum Gasteiger partial charge on any atom is -0.460 e. The van der Waals surface area contributed by atoms with Gasteiger partial charge in [0.2, 0.25) is 0 Å². The predicted molar refractivity (Wildman–Crippen MR) is 90.0 cm³/mol. The molecular formula is C18H21NO3S. The van der Waals surface area contributed by atoms with Crippen molar-refractivity contribution in [3.05, 3.63) is 44.9 Å². The topological polar surface area (TPSA) is 55.4 Å². The molecule has 1 atom stereocenters. The Bertz CT molecular complexity index is 698. The molecule has 1 unspecified atom stereocenters. The van der Waals surface area contributed by atoms with E-state index in [9.17, 15) is 9.59 Å². The Morgan fingerprint density at radius 2 is 2.17 bits per heavy atom. The van der Waals surface area contributed by atoms with Crippen LogP contribution >= 0.6 is 11.3 Å². The third kappa shape index (κ3) is 2.98. The number of dihydropyridines is 1. The van der Waals surface area contributed by atoms with Crippen molar-refractivity contribution in [3.8, 4) is 0 Å². The number of ether oxygens (including phenoxy) is 1. The second-order valence-electron chi connectivity index (χ2n) is 6.28. The summed E-state index contributed by atoms with van der Waals surface area (Å²) in [5, 5.41) is 7.28. The first kappa shape index (κ1) is 16.0. The maximum atomic E-state index is 12.7. The molecule has 0 fully saturated rings. The van der Waals surface area contributed by atoms with Gasteiger partial charge in [0, 0.05) is 29.3 Å². The minimum atomic E-state index is -0.342. The third-order valence-corrected chi connectivity index (χ3v) is 4.92. The summed E-state index contributed by atoms with van der Waals surface area (Å²) in [6.45, 7) is 5.55. The molecule has 1 aliphatic heterocycles. The second-order valence-corrected chi connectivity index (χ2v) is 7.06. The largest absolute Gasteiger partial charge is 0.460 e. The van der Waals surface area contributed by atoms with Crippen molar-refractivity contribution in [2.24, 2.45) is 0 Å². The third-order valence-electron chi connectivity index (χ3n) is 4.22. The molecule has 0 spiro atoms. The summed E-state index contributed by atoms with van der Waals surface area (Å²) < 4.78 is 5.44. The highest BCUT2D eigenvalue weighted by Gasteiger charge is 2.39. The lowest BCUT2D eigenvalue weighted by Crippen LogP contribution is -2.34. The van der Waals surface area contributed by atoms with E-state index in [1.807, 2.05) is 37.6 Å². The summed E-state index contributed by atoms with van der Waals surface area (Å²) in [6, 6.07) is 1.99. The Morgan fingerprint density at radius 3 is 2.83 bits per heavy atom. The van der Waals surface area contributed by atoms with Crippen molar-refractivity contribution >= 4 is 23.1 Å². The van der Waals surface area contributed by atoms with Gasteiger partial charge in [0.25, 0.3) is 0 Å². The van der Waals surface area contributed by atoms with Gasteiger partial charge in [0.1, 0.15) is 0 Å². The molecule has 1 aromatic rings. The Hall–Kier alpha value is -1.88. The zero-order chi connectivity index (χ0) is 16.6. The zero-order valence-electron chi connectivity index (χ0n) is 13.6. The molecule has 3 rings (SSSR count). The van der Waals surface area contributed by atoms with Gasteiger partial charge in [0.05, 0.1) is 11.7 Å². The molecule has 2 heterocycles. The summed E-state index contributed by atoms with van der Waals surface area (Å²) in [7, 11) is 0. The molecule has 4 nitrogen and oxygen atoms in total. The summed E-state index contributed by atoms with van der Waals surface area (Å²) >= 11 is 1.57. The molecule has 0 saturated heterocycles. The monoisotopic (exact) mass is 331 g/mol. The van der Waals surface area contributed by atoms with E-state index in [2.05, 4.69) is 5.32 Å². The zero-order valence-corrected chi connectivity index (χ0v) is 14.5. The van der Waals surface area contributed by atoms with Crippen molar-refractivity contribution in [1.29, 1.82) is 0 Å². The Morgan fingerprint density at radius 1 is 1.39 bits per heavy atom. The van der Waals surface area contributed by atoms with Crippen LogP contribution in [0.1, 0.15) is 51.5 Å². The van der Waals surface area contributed by atoms with Crippen LogP contribution in [0, 0.1) is 0 Å². The number of rotatable bonds is 3. The lowest BCUT2D eigenvalue weighted by molar-refractivity contribution is -0.143. The van der Waals surface area contributed by atoms with E-state index in [1.54, 1.807) is 11.3 Å². The smallest absolute Gasteiger partial charge is 0.337 e. The number of nitrogens with one attached hydrogen (secondary N) is 1. The van der Waals surface area contributed by atoms with Gasteiger partial charge in [-0.2, -0.15) is 11.3 Å². The van der Waals surface area contributed by atoms with Crippen molar-refractivity contribution in [1.82, 2.24) is 5.32 Å². The highest BCUT2D eigenvalue weighted by Crippen LogP contribution is 2.43. The maximum absolute atomic E-state index is 12.7. The first-order valence-electron chi connectivity index (χ1n) is 7.96. The van der Waals surface area contributed by atoms with Crippen molar-refractivity contribution < 1.29 is 14.3 Å². The number of Topliss-reactive ketones (excluding diaryl/α,β-unsaturated/α-hetero) is 1. The predicted octanol–water partition coefficient (Wildman–Crippen LogP) is 3.67. The molecule has 1 aliphatic carbocycles. The van der Waals surface area contributed by atoms with E-state index in [0.29, 0.717) is 12.0 Å². The number of hydrogen-bond acceptors (Lipinski definition) is 5. The number of carbonyl (C=O) groups is 2. The van der Waals surface area contributed by atoms with Crippen LogP contribution in [-0.4, -0.2) is 17.9 Å². The van der Waals surface area contributed by atoms with Gasteiger partial charge in [-0.05, 0) is 56.0 Å². The molecule has 0 bridgehead atoms. The van der Waals surface area contributed by atoms with Crippen molar-refractivity contribution in [2.45, 2.75) is 52.1 Å². The number of thiophene rings is 1. The minimum absolute atomic E-state index is 0.136. The molecule has 1 N–H and O–H groups in total. The molecular weight excluding hydrogens is 310 g/mol. The van der Waals surface area contributed by atoms with Crippen LogP contribution in [0.5, 0.6) is 0 Å². The number of hydrogen-bond donors (Lipinski definition) is 1. The van der Waals surface area contributed by atoms with E-state index in [1.165, 1.54) is 0 Å². The summed E-state index contributed by atoms with van der Waals surface area (Å²) in [4.78, 5) is 25.2. The van der Waals surface area contributed by atoms with Crippen molar-refractivity contribution in [2.75, 3.05) is 0 Å². The SMILES string of the molecule is CC1=C(C(=O)OC(C)C)C(c2ccsc2)C2=C(CCCC2=O)N1. The van der Waals surface area contributed by atoms with E-state index in [-0.39, 0.29) is 23.8 Å². The van der Waals surface area contributed by atoms with Crippen LogP contribution in [0.3, 0.4) is 0 Å². The first-order chi connectivity index (χ1) is 11.0. The molecule has 0 radical (unpaired) electrons. The van der Waals surface area contributed by atoms with Gasteiger partial charge in [0.15, 0.2) is 5.78 Å². The highest BCUT2D eigenvalue weighted by atomic mass is 32.1. The maximum Gasteiger partial charge on any atom is 0.337 e. The fourth-order valence-corrected chi connectivity index (χ4v) is 3.99. The number of esters is 1. The molecule has 23 heavy (non-hydrogen) atoms. The number of ketones is 1. The molecule has 0 aromatic carbocycles. The molecule has 122 valence electrons. The quantitative estimate of drug-likeness (QED) is 0.859. The molecule has 1 aromatic heterocycles. The summed E-state index contributed by atoms with van der Waals surface area (Å²) in [6.07, 6.45) is 2.07. The fourth-order valence-electron chi connectivity index (χ4n) is 3.30. The Labute approximate surface area is 140 Å². The number of carbonyl (C=O) groups excluding carboxylic acids is 2. The molecule has 0 saturated carbocycles. The average Bonchev–Trinajstić information content (AvgIpc) is 2.99. The Balaban J connectivity index is 2.10. The number of allylic oxidation sites excluding steroid dienone is 3. The van der Waals surface area contributed by atoms with Crippen LogP contribution in [0.4, 0.5) is 0 Å². The van der Waals surface area contributed by atoms with Crippen LogP contribution in [-0.2, 0) is 14.3 Å². The Kier molecular flexibility index (Phi) is 4.39. The highest BCUT2D eigenvalue weighted by molar-refractivity contribution is 7.08. The average molecular weight is 331 g/mol. The van der Waals surface area contributed by atoms with Crippen LogP contribution in [0.2, 0.25) is 0 Å². The standard InChI is InChI=1S/C18H21NO3S/c1-10(2)22-18(21)15-11(3)19-13-5-4-6-14(20)17(13)16(15)12-7-8-23-9-12/h7-10,16,19H,4-6H2,1-3H3. The van der Waals surface area contributed by atoms with E-state index in [4.69, 9.17) is 4.74 Å². The molecule has 0 amide bonds. The lowest BCUT2D eigenvalue weighted by atomic mass is 9.76. The van der Waals surface area contributed by atoms with Gasteiger partial charge in [-0.25, -0.2) is 4.79 Å². The van der Waals surface area contributed by atoms with E-state index >= 15 is 0 Å². The van der Waals surface area contributed by atoms with E-state index < -0.39 is 0 Å². The van der Waals surface area contributed by atoms with Gasteiger partial charge in [-0.15, -0.1) is 0 Å². The summed E-state index contributed by atoms with van der Waals surface area (Å²) in [5.74, 6) is -0.514. The molecule has 5 heteroatoms. The molecule has 2 aliphatic rings.